The highest BCUT2D eigenvalue weighted by Gasteiger charge is 2.03. The van der Waals surface area contributed by atoms with Crippen LogP contribution >= 0.6 is 0 Å². The number of halogens is 1. The highest BCUT2D eigenvalue weighted by molar-refractivity contribution is 5.89. The van der Waals surface area contributed by atoms with Crippen molar-refractivity contribution in [2.75, 3.05) is 10.6 Å². The van der Waals surface area contributed by atoms with Crippen molar-refractivity contribution >= 4 is 35.8 Å². The first-order valence-electron chi connectivity index (χ1n) is 7.21. The minimum Gasteiger partial charge on any atom is -0.326 e. The molecule has 0 bridgehead atoms. The van der Waals surface area contributed by atoms with E-state index in [2.05, 4.69) is 10.6 Å². The molecule has 0 aliphatic carbocycles. The molecular weight excluding hydrogens is 327 g/mol. The Morgan fingerprint density at radius 1 is 0.840 bits per heavy atom. The van der Waals surface area contributed by atoms with Crippen LogP contribution < -0.4 is 10.6 Å². The van der Waals surface area contributed by atoms with E-state index in [4.69, 9.17) is 0 Å². The monoisotopic (exact) mass is 344 g/mol. The number of amides is 2. The van der Waals surface area contributed by atoms with Gasteiger partial charge in [0.05, 0.1) is 5.69 Å². The van der Waals surface area contributed by atoms with Crippen LogP contribution in [0.2, 0.25) is 0 Å². The van der Waals surface area contributed by atoms with Gasteiger partial charge >= 0.3 is 0 Å². The Bertz CT molecular complexity index is 773. The third kappa shape index (κ3) is 7.17. The smallest absolute Gasteiger partial charge is 0.221 e. The minimum absolute atomic E-state index is 0.0816. The van der Waals surface area contributed by atoms with Crippen LogP contribution in [0.15, 0.2) is 42.5 Å². The molecule has 2 amide bonds. The molecule has 0 fully saturated rings. The second-order valence-electron chi connectivity index (χ2n) is 4.96. The predicted octanol–water partition coefficient (Wildman–Crippen LogP) is 3.05. The summed E-state index contributed by atoms with van der Waals surface area (Å²) in [5.74, 6) is -1.08. The molecule has 130 valence electrons. The maximum atomic E-state index is 13.0. The van der Waals surface area contributed by atoms with Crippen LogP contribution in [0, 0.1) is 5.82 Å². The van der Waals surface area contributed by atoms with Crippen molar-refractivity contribution < 1.29 is 23.6 Å². The zero-order valence-electron chi connectivity index (χ0n) is 13.7. The number of hydrogen-bond donors (Lipinski definition) is 2. The van der Waals surface area contributed by atoms with Crippen LogP contribution in [-0.4, -0.2) is 24.4 Å². The maximum absolute atomic E-state index is 13.0. The van der Waals surface area contributed by atoms with E-state index in [0.717, 1.165) is 12.4 Å². The summed E-state index contributed by atoms with van der Waals surface area (Å²) in [5, 5.41) is 4.90. The fourth-order valence-corrected chi connectivity index (χ4v) is 1.74. The maximum Gasteiger partial charge on any atom is 0.221 e. The van der Waals surface area contributed by atoms with E-state index in [1.165, 1.54) is 26.0 Å². The molecule has 0 aromatic heterocycles. The highest BCUT2D eigenvalue weighted by Crippen LogP contribution is 2.14. The van der Waals surface area contributed by atoms with Crippen molar-refractivity contribution in [1.82, 2.24) is 0 Å². The zero-order valence-corrected chi connectivity index (χ0v) is 13.7. The van der Waals surface area contributed by atoms with Crippen LogP contribution in [0.3, 0.4) is 0 Å². The number of benzene rings is 2. The van der Waals surface area contributed by atoms with Gasteiger partial charge in [-0.2, -0.15) is 0 Å². The van der Waals surface area contributed by atoms with Crippen LogP contribution in [-0.2, 0) is 9.59 Å². The molecule has 6 nitrogen and oxygen atoms in total. The fraction of sp³-hybridized carbons (Fsp3) is 0.111. The lowest BCUT2D eigenvalue weighted by atomic mass is 10.2. The van der Waals surface area contributed by atoms with E-state index in [1.54, 1.807) is 24.3 Å². The summed E-state index contributed by atoms with van der Waals surface area (Å²) in [4.78, 5) is 41.7. The average Bonchev–Trinajstić information content (AvgIpc) is 2.57. The lowest BCUT2D eigenvalue weighted by Crippen LogP contribution is -2.07. The molecule has 0 aliphatic heterocycles. The third-order valence-electron chi connectivity index (χ3n) is 2.81. The van der Waals surface area contributed by atoms with Gasteiger partial charge in [-0.05, 0) is 42.5 Å². The number of aldehydes is 2. The van der Waals surface area contributed by atoms with E-state index in [1.807, 2.05) is 0 Å². The second-order valence-corrected chi connectivity index (χ2v) is 4.96. The van der Waals surface area contributed by atoms with Crippen molar-refractivity contribution in [3.63, 3.8) is 0 Å². The summed E-state index contributed by atoms with van der Waals surface area (Å²) >= 11 is 0. The third-order valence-corrected chi connectivity index (χ3v) is 2.81. The Morgan fingerprint density at radius 2 is 1.36 bits per heavy atom. The summed E-state index contributed by atoms with van der Waals surface area (Å²) in [7, 11) is 0. The van der Waals surface area contributed by atoms with Gasteiger partial charge in [-0.25, -0.2) is 4.39 Å². The van der Waals surface area contributed by atoms with Crippen molar-refractivity contribution in [2.45, 2.75) is 13.8 Å². The number of carbonyl (C=O) groups is 4. The van der Waals surface area contributed by atoms with Crippen LogP contribution in [0.1, 0.15) is 34.6 Å². The molecule has 0 atom stereocenters. The van der Waals surface area contributed by atoms with Gasteiger partial charge in [-0.15, -0.1) is 0 Å². The van der Waals surface area contributed by atoms with Crippen LogP contribution in [0.5, 0.6) is 0 Å². The Morgan fingerprint density at radius 3 is 1.80 bits per heavy atom. The second kappa shape index (κ2) is 9.71. The molecule has 2 N–H and O–H groups in total. The number of rotatable bonds is 4. The Labute approximate surface area is 144 Å². The van der Waals surface area contributed by atoms with E-state index in [9.17, 15) is 23.6 Å². The van der Waals surface area contributed by atoms with Gasteiger partial charge in [0.2, 0.25) is 11.8 Å². The van der Waals surface area contributed by atoms with Crippen molar-refractivity contribution in [3.8, 4) is 0 Å². The van der Waals surface area contributed by atoms with Gasteiger partial charge in [0.25, 0.3) is 0 Å². The molecule has 0 saturated heterocycles. The number of nitrogens with one attached hydrogen (secondary N) is 2. The average molecular weight is 344 g/mol. The normalized spacial score (nSPS) is 9.24. The first-order valence-corrected chi connectivity index (χ1v) is 7.21. The molecule has 0 heterocycles. The number of carbonyl (C=O) groups excluding carboxylic acids is 4. The summed E-state index contributed by atoms with van der Waals surface area (Å²) in [6.45, 7) is 2.72. The molecular formula is C18H17FN2O4. The summed E-state index contributed by atoms with van der Waals surface area (Å²) in [6.07, 6.45) is 1.30. The first-order chi connectivity index (χ1) is 11.8. The lowest BCUT2D eigenvalue weighted by molar-refractivity contribution is -0.115. The van der Waals surface area contributed by atoms with Gasteiger partial charge in [-0.1, -0.05) is 0 Å². The Kier molecular flexibility index (Phi) is 7.65. The summed E-state index contributed by atoms with van der Waals surface area (Å²) in [5.41, 5.74) is 1.63. The summed E-state index contributed by atoms with van der Waals surface area (Å²) < 4.78 is 13.0. The highest BCUT2D eigenvalue weighted by atomic mass is 19.1. The largest absolute Gasteiger partial charge is 0.326 e. The van der Waals surface area contributed by atoms with Gasteiger partial charge in [0, 0.05) is 30.7 Å². The van der Waals surface area contributed by atoms with Crippen molar-refractivity contribution in [1.29, 1.82) is 0 Å². The molecule has 7 heteroatoms. The van der Waals surface area contributed by atoms with Gasteiger partial charge in [-0.3, -0.25) is 19.2 Å². The molecule has 0 aliphatic rings. The van der Waals surface area contributed by atoms with Crippen LogP contribution in [0.25, 0.3) is 0 Å². The van der Waals surface area contributed by atoms with Crippen molar-refractivity contribution in [3.05, 3.63) is 59.4 Å². The number of anilines is 2. The topological polar surface area (TPSA) is 92.3 Å². The number of hydrogen-bond acceptors (Lipinski definition) is 4. The molecule has 0 unspecified atom stereocenters. The molecule has 0 spiro atoms. The molecule has 0 saturated carbocycles. The molecule has 25 heavy (non-hydrogen) atoms. The van der Waals surface area contributed by atoms with E-state index in [-0.39, 0.29) is 23.1 Å². The van der Waals surface area contributed by atoms with Gasteiger partial charge < -0.3 is 10.6 Å². The fourth-order valence-electron chi connectivity index (χ4n) is 1.74. The standard InChI is InChI=1S/C9H8FNO2.C9H9NO2/c1-6(13)11-9-3-2-7(5-12)4-8(9)10;1-7(12)10-9-4-2-8(6-11)3-5-9/h2-5H,1H3,(H,11,13);2-6H,1H3,(H,10,12). The lowest BCUT2D eigenvalue weighted by Gasteiger charge is -2.02. The minimum atomic E-state index is -0.611. The quantitative estimate of drug-likeness (QED) is 0.834. The van der Waals surface area contributed by atoms with Crippen molar-refractivity contribution in [2.24, 2.45) is 0 Å². The SMILES string of the molecule is CC(=O)Nc1ccc(C=O)cc1.CC(=O)Nc1ccc(C=O)cc1F. The molecule has 2 aromatic carbocycles. The van der Waals surface area contributed by atoms with Gasteiger partial charge in [0.1, 0.15) is 18.4 Å². The van der Waals surface area contributed by atoms with Gasteiger partial charge in [0.15, 0.2) is 0 Å². The molecule has 2 rings (SSSR count). The van der Waals surface area contributed by atoms with E-state index >= 15 is 0 Å². The first kappa shape index (κ1) is 19.7. The Balaban J connectivity index is 0.000000251. The molecule has 2 aromatic rings. The zero-order chi connectivity index (χ0) is 18.8. The summed E-state index contributed by atoms with van der Waals surface area (Å²) in [6, 6.07) is 10.5. The predicted molar refractivity (Wildman–Crippen MR) is 92.2 cm³/mol. The van der Waals surface area contributed by atoms with E-state index < -0.39 is 5.82 Å². The van der Waals surface area contributed by atoms with Crippen LogP contribution in [0.4, 0.5) is 15.8 Å². The molecule has 0 radical (unpaired) electrons. The van der Waals surface area contributed by atoms with E-state index in [0.29, 0.717) is 17.5 Å². The Hall–Kier alpha value is -3.35.